The standard InChI is InChI=1S/Al.2B.Ti.H. The third kappa shape index (κ3) is 10.1. The second-order valence-electron chi connectivity index (χ2n) is 0. The molecule has 0 N–H and O–H groups in total. The van der Waals surface area contributed by atoms with E-state index in [1.165, 1.54) is 0 Å². The SMILES string of the molecule is [AlH].[B].[B].[Ti]. The van der Waals surface area contributed by atoms with Crippen molar-refractivity contribution < 1.29 is 21.7 Å². The summed E-state index contributed by atoms with van der Waals surface area (Å²) in [6, 6.07) is 0. The van der Waals surface area contributed by atoms with E-state index in [0.717, 1.165) is 0 Å². The van der Waals surface area contributed by atoms with Crippen LogP contribution < -0.4 is 0 Å². The molecule has 0 saturated carbocycles. The van der Waals surface area contributed by atoms with Crippen LogP contribution in [0.5, 0.6) is 0 Å². The van der Waals surface area contributed by atoms with Crippen LogP contribution in [0.25, 0.3) is 0 Å². The van der Waals surface area contributed by atoms with Crippen LogP contribution in [0.4, 0.5) is 0 Å². The summed E-state index contributed by atoms with van der Waals surface area (Å²) in [6.45, 7) is 0. The Bertz CT molecular complexity index is 6.00. The Balaban J connectivity index is 0. The Kier molecular flexibility index (Phi) is 358. The molecule has 0 spiro atoms. The molecule has 0 nitrogen and oxygen atoms in total. The van der Waals surface area contributed by atoms with Crippen molar-refractivity contribution in [2.45, 2.75) is 0 Å². The van der Waals surface area contributed by atoms with Crippen LogP contribution >= 0.6 is 0 Å². The van der Waals surface area contributed by atoms with E-state index in [9.17, 15) is 0 Å². The maximum absolute atomic E-state index is 0. The molecule has 0 aliphatic heterocycles. The summed E-state index contributed by atoms with van der Waals surface area (Å²) in [5.74, 6) is 0. The molecule has 0 aromatic carbocycles. The first-order valence-corrected chi connectivity index (χ1v) is 0. The summed E-state index contributed by atoms with van der Waals surface area (Å²) in [6.07, 6.45) is 0. The zero-order valence-electron chi connectivity index (χ0n) is 2.36. The van der Waals surface area contributed by atoms with E-state index in [1.54, 1.807) is 0 Å². The van der Waals surface area contributed by atoms with Crippen LogP contribution in [0.1, 0.15) is 0 Å². The van der Waals surface area contributed by atoms with E-state index in [2.05, 4.69) is 0 Å². The Morgan fingerprint density at radius 3 is 0.750 bits per heavy atom. The molecular weight excluding hydrogens is 96.5 g/mol. The van der Waals surface area contributed by atoms with Crippen LogP contribution in [0.2, 0.25) is 0 Å². The van der Waals surface area contributed by atoms with Gasteiger partial charge in [-0.25, -0.2) is 0 Å². The predicted molar refractivity (Wildman–Crippen MR) is 18.7 cm³/mol. The molecule has 4 heavy (non-hydrogen) atoms. The Hall–Kier alpha value is 1.38. The smallest absolute Gasteiger partial charge is 0 e. The van der Waals surface area contributed by atoms with Gasteiger partial charge < -0.3 is 0 Å². The summed E-state index contributed by atoms with van der Waals surface area (Å²) in [4.78, 5) is 0. The molecule has 0 fully saturated rings. The van der Waals surface area contributed by atoms with Crippen LogP contribution in [0.15, 0.2) is 0 Å². The van der Waals surface area contributed by atoms with Crippen molar-refractivity contribution in [3.8, 4) is 0 Å². The Labute approximate surface area is 55.9 Å². The fourth-order valence-electron chi connectivity index (χ4n) is 0. The Morgan fingerprint density at radius 1 is 0.750 bits per heavy atom. The Morgan fingerprint density at radius 2 is 0.750 bits per heavy atom. The van der Waals surface area contributed by atoms with Gasteiger partial charge in [0.05, 0.1) is 17.4 Å². The third-order valence-corrected chi connectivity index (χ3v) is 0. The van der Waals surface area contributed by atoms with Gasteiger partial charge in [-0.05, 0) is 0 Å². The number of hydrogen-bond donors (Lipinski definition) is 0. The van der Waals surface area contributed by atoms with E-state index in [1.807, 2.05) is 0 Å². The van der Waals surface area contributed by atoms with Gasteiger partial charge in [0, 0.05) is 38.5 Å². The van der Waals surface area contributed by atoms with Crippen LogP contribution in [-0.4, -0.2) is 34.2 Å². The first-order chi connectivity index (χ1) is 0. The summed E-state index contributed by atoms with van der Waals surface area (Å²) in [5.41, 5.74) is 0. The van der Waals surface area contributed by atoms with Crippen molar-refractivity contribution in [3.05, 3.63) is 0 Å². The zero-order chi connectivity index (χ0) is 0. The average molecular weight is 97.5 g/mol. The molecule has 0 unspecified atom stereocenters. The molecule has 4 heteroatoms. The molecular formula is HAlB2Ti. The average Bonchev–Trinajstić information content (AvgIpc) is 0. The second-order valence-corrected chi connectivity index (χ2v) is 0. The van der Waals surface area contributed by atoms with E-state index in [4.69, 9.17) is 0 Å². The number of rotatable bonds is 0. The summed E-state index contributed by atoms with van der Waals surface area (Å²) in [7, 11) is 0. The predicted octanol–water partition coefficient (Wildman–Crippen LogP) is -1.41. The molecule has 0 bridgehead atoms. The van der Waals surface area contributed by atoms with Gasteiger partial charge in [-0.3, -0.25) is 0 Å². The maximum atomic E-state index is 0. The quantitative estimate of drug-likeness (QED) is 0.326. The van der Waals surface area contributed by atoms with Gasteiger partial charge in [-0.2, -0.15) is 0 Å². The summed E-state index contributed by atoms with van der Waals surface area (Å²) >= 11 is 0. The maximum Gasteiger partial charge on any atom is 0.0854 e. The van der Waals surface area contributed by atoms with Crippen molar-refractivity contribution in [3.63, 3.8) is 0 Å². The molecule has 14 valence electrons. The van der Waals surface area contributed by atoms with Gasteiger partial charge in [0.25, 0.3) is 0 Å². The molecule has 0 saturated heterocycles. The van der Waals surface area contributed by atoms with E-state index in [-0.39, 0.29) is 55.9 Å². The minimum Gasteiger partial charge on any atom is 0 e. The van der Waals surface area contributed by atoms with Crippen molar-refractivity contribution in [2.24, 2.45) is 0 Å². The zero-order valence-corrected chi connectivity index (χ0v) is 5.34. The first kappa shape index (κ1) is 54.3. The monoisotopic (exact) mass is 98.0 g/mol. The van der Waals surface area contributed by atoms with Gasteiger partial charge >= 0.3 is 0 Å². The van der Waals surface area contributed by atoms with Gasteiger partial charge in [-0.15, -0.1) is 0 Å². The minimum absolute atomic E-state index is 0. The second kappa shape index (κ2) is 26.3. The molecule has 0 aromatic rings. The molecule has 0 aliphatic carbocycles. The van der Waals surface area contributed by atoms with Gasteiger partial charge in [0.2, 0.25) is 0 Å². The van der Waals surface area contributed by atoms with E-state index < -0.39 is 0 Å². The molecule has 8 radical (unpaired) electrons. The van der Waals surface area contributed by atoms with Crippen molar-refractivity contribution in [1.29, 1.82) is 0 Å². The fourth-order valence-corrected chi connectivity index (χ4v) is 0. The minimum atomic E-state index is 0. The van der Waals surface area contributed by atoms with Gasteiger partial charge in [0.1, 0.15) is 0 Å². The van der Waals surface area contributed by atoms with Crippen molar-refractivity contribution in [1.82, 2.24) is 0 Å². The van der Waals surface area contributed by atoms with E-state index in [0.29, 0.717) is 0 Å². The van der Waals surface area contributed by atoms with Gasteiger partial charge in [0.15, 0.2) is 0 Å². The molecule has 0 amide bonds. The van der Waals surface area contributed by atoms with Crippen LogP contribution in [0, 0.1) is 0 Å². The molecule has 0 aliphatic rings. The third-order valence-electron chi connectivity index (χ3n) is 0. The molecule has 0 atom stereocenters. The van der Waals surface area contributed by atoms with Crippen LogP contribution in [0.3, 0.4) is 0 Å². The normalized spacial score (nSPS) is 0. The van der Waals surface area contributed by atoms with Crippen molar-refractivity contribution >= 4 is 34.2 Å². The van der Waals surface area contributed by atoms with Gasteiger partial charge in [-0.1, -0.05) is 0 Å². The largest absolute Gasteiger partial charge is 0.0854 e. The van der Waals surface area contributed by atoms with Crippen molar-refractivity contribution in [2.75, 3.05) is 0 Å². The molecule has 0 heterocycles. The topological polar surface area (TPSA) is 0 Å². The molecule has 0 aromatic heterocycles. The fraction of sp³-hybridized carbons (Fsp3) is 0. The summed E-state index contributed by atoms with van der Waals surface area (Å²) in [5, 5.41) is 0. The summed E-state index contributed by atoms with van der Waals surface area (Å²) < 4.78 is 0. The van der Waals surface area contributed by atoms with E-state index >= 15 is 0 Å². The van der Waals surface area contributed by atoms with Crippen LogP contribution in [-0.2, 0) is 21.7 Å². The number of hydrogen-bond acceptors (Lipinski definition) is 0. The molecule has 0 rings (SSSR count). The first-order valence-electron chi connectivity index (χ1n) is 0.